The molecule has 348 valence electrons. The zero-order chi connectivity index (χ0) is 48.0. The highest BCUT2D eigenvalue weighted by Crippen LogP contribution is 2.46. The van der Waals surface area contributed by atoms with Gasteiger partial charge in [-0.05, 0) is 61.4 Å². The summed E-state index contributed by atoms with van der Waals surface area (Å²) in [5.41, 5.74) is -0.281. The molecule has 4 aromatic heterocycles. The number of hydrogen-bond acceptors (Lipinski definition) is 12. The van der Waals surface area contributed by atoms with E-state index in [1.807, 2.05) is 12.1 Å². The molecule has 18 nitrogen and oxygen atoms in total. The first-order chi connectivity index (χ1) is 32.0. The van der Waals surface area contributed by atoms with E-state index in [2.05, 4.69) is 15.3 Å². The van der Waals surface area contributed by atoms with E-state index in [-0.39, 0.29) is 83.7 Å². The Morgan fingerprint density at radius 1 is 0.657 bits per heavy atom. The fraction of sp³-hybridized carbons (Fsp3) is 0.304. The monoisotopic (exact) mass is 926 g/mol. The molecular formula is C46H41F3N6O12. The molecule has 0 bridgehead atoms. The molecule has 2 fully saturated rings. The van der Waals surface area contributed by atoms with E-state index < -0.39 is 75.1 Å². The first-order valence-corrected chi connectivity index (χ1v) is 20.9. The molecule has 21 heteroatoms. The van der Waals surface area contributed by atoms with Gasteiger partial charge in [0.25, 0.3) is 0 Å². The van der Waals surface area contributed by atoms with Crippen molar-refractivity contribution in [3.63, 3.8) is 0 Å². The Morgan fingerprint density at radius 3 is 1.64 bits per heavy atom. The lowest BCUT2D eigenvalue weighted by molar-refractivity contribution is -0.142. The molecule has 10 rings (SSSR count). The summed E-state index contributed by atoms with van der Waals surface area (Å²) in [6.07, 6.45) is 8.97. The number of aromatic nitrogens is 4. The van der Waals surface area contributed by atoms with Crippen molar-refractivity contribution in [3.05, 3.63) is 134 Å². The van der Waals surface area contributed by atoms with Crippen molar-refractivity contribution in [2.75, 3.05) is 44.3 Å². The zero-order valence-corrected chi connectivity index (χ0v) is 35.6. The van der Waals surface area contributed by atoms with E-state index in [9.17, 15) is 47.8 Å². The summed E-state index contributed by atoms with van der Waals surface area (Å²) in [6, 6.07) is 8.40. The van der Waals surface area contributed by atoms with Crippen molar-refractivity contribution in [3.8, 4) is 11.5 Å². The van der Waals surface area contributed by atoms with Crippen molar-refractivity contribution >= 4 is 51.4 Å². The maximum absolute atomic E-state index is 15.5. The number of hydrogen-bond donors (Lipinski definition) is 5. The molecule has 0 unspecified atom stereocenters. The topological polar surface area (TPSA) is 253 Å². The highest BCUT2D eigenvalue weighted by atomic mass is 19.2. The van der Waals surface area contributed by atoms with E-state index >= 15 is 4.39 Å². The van der Waals surface area contributed by atoms with Gasteiger partial charge in [-0.1, -0.05) is 0 Å². The molecule has 0 aliphatic carbocycles. The molecule has 4 aliphatic heterocycles. The third-order valence-corrected chi connectivity index (χ3v) is 12.5. The van der Waals surface area contributed by atoms with Crippen LogP contribution in [0.3, 0.4) is 0 Å². The summed E-state index contributed by atoms with van der Waals surface area (Å²) in [5.74, 6) is -9.35. The third-order valence-electron chi connectivity index (χ3n) is 12.5. The average molecular weight is 927 g/mol. The normalized spacial score (nSPS) is 21.3. The summed E-state index contributed by atoms with van der Waals surface area (Å²) >= 11 is 0. The third kappa shape index (κ3) is 8.37. The number of anilines is 1. The van der Waals surface area contributed by atoms with Gasteiger partial charge in [-0.3, -0.25) is 29.1 Å². The predicted molar refractivity (Wildman–Crippen MR) is 232 cm³/mol. The molecule has 67 heavy (non-hydrogen) atoms. The summed E-state index contributed by atoms with van der Waals surface area (Å²) < 4.78 is 56.8. The van der Waals surface area contributed by atoms with Crippen molar-refractivity contribution in [2.45, 2.75) is 37.8 Å². The van der Waals surface area contributed by atoms with Crippen LogP contribution in [0.25, 0.3) is 21.8 Å². The first-order valence-electron chi connectivity index (χ1n) is 20.9. The van der Waals surface area contributed by atoms with Gasteiger partial charge in [0, 0.05) is 75.2 Å². The zero-order valence-electron chi connectivity index (χ0n) is 35.6. The number of nitrogens with zero attached hydrogens (tertiary/aromatic N) is 5. The second-order valence-electron chi connectivity index (χ2n) is 16.5. The van der Waals surface area contributed by atoms with E-state index in [1.54, 1.807) is 60.2 Å². The number of aliphatic carboxylic acids is 2. The minimum atomic E-state index is -1.41. The first kappa shape index (κ1) is 45.7. The van der Waals surface area contributed by atoms with Gasteiger partial charge in [0.15, 0.2) is 23.1 Å². The fourth-order valence-electron chi connectivity index (χ4n) is 9.09. The molecular weight excluding hydrogens is 886 g/mol. The van der Waals surface area contributed by atoms with E-state index in [0.717, 1.165) is 29.9 Å². The summed E-state index contributed by atoms with van der Waals surface area (Å²) in [4.78, 5) is 79.9. The quantitative estimate of drug-likeness (QED) is 0.143. The van der Waals surface area contributed by atoms with Gasteiger partial charge >= 0.3 is 23.9 Å². The Morgan fingerprint density at radius 2 is 1.13 bits per heavy atom. The van der Waals surface area contributed by atoms with Crippen molar-refractivity contribution in [2.24, 2.45) is 11.8 Å². The molecule has 0 radical (unpaired) electrons. The van der Waals surface area contributed by atoms with Crippen LogP contribution in [0.4, 0.5) is 18.9 Å². The van der Waals surface area contributed by atoms with E-state index in [0.29, 0.717) is 18.1 Å². The van der Waals surface area contributed by atoms with Crippen LogP contribution in [0.15, 0.2) is 83.2 Å². The fourth-order valence-corrected chi connectivity index (χ4v) is 9.09. The highest BCUT2D eigenvalue weighted by molar-refractivity contribution is 5.98. The minimum Gasteiger partial charge on any atom is -0.487 e. The van der Waals surface area contributed by atoms with Crippen LogP contribution in [0.2, 0.25) is 0 Å². The van der Waals surface area contributed by atoms with Gasteiger partial charge in [0.1, 0.15) is 30.0 Å². The van der Waals surface area contributed by atoms with Gasteiger partial charge in [-0.2, -0.15) is 4.39 Å². The number of nitrogens with one attached hydrogen (secondary N) is 1. The number of aromatic carboxylic acids is 2. The Hall–Kier alpha value is -7.81. The van der Waals surface area contributed by atoms with Crippen LogP contribution in [-0.4, -0.2) is 103 Å². The number of halogens is 3. The minimum absolute atomic E-state index is 0.0497. The van der Waals surface area contributed by atoms with E-state index in [1.165, 1.54) is 10.8 Å². The molecule has 6 aromatic rings. The van der Waals surface area contributed by atoms with Crippen molar-refractivity contribution in [1.82, 2.24) is 24.4 Å². The van der Waals surface area contributed by atoms with Crippen LogP contribution in [0, 0.1) is 29.3 Å². The summed E-state index contributed by atoms with van der Waals surface area (Å²) in [5, 5.41) is 40.1. The Balaban J connectivity index is 0.000000151. The number of rotatable bonds is 7. The lowest BCUT2D eigenvalue weighted by Gasteiger charge is -2.31. The molecule has 5 N–H and O–H groups in total. The molecule has 0 spiro atoms. The maximum atomic E-state index is 15.5. The van der Waals surface area contributed by atoms with Gasteiger partial charge < -0.3 is 49.3 Å². The lowest BCUT2D eigenvalue weighted by Crippen LogP contribution is -2.29. The maximum Gasteiger partial charge on any atom is 0.341 e. The van der Waals surface area contributed by atoms with Gasteiger partial charge in [0.05, 0.1) is 45.7 Å². The summed E-state index contributed by atoms with van der Waals surface area (Å²) in [6.45, 7) is 5.30. The second kappa shape index (κ2) is 18.2. The number of ether oxygens (including phenoxy) is 2. The van der Waals surface area contributed by atoms with Crippen LogP contribution < -0.4 is 30.5 Å². The molecule has 0 amide bonds. The number of carboxylic acids is 4. The number of benzene rings is 2. The Labute approximate surface area is 376 Å². The Kier molecular flexibility index (Phi) is 12.4. The molecule has 4 aliphatic rings. The molecule has 2 saturated heterocycles. The van der Waals surface area contributed by atoms with Crippen LogP contribution in [0.5, 0.6) is 11.5 Å². The highest BCUT2D eigenvalue weighted by Gasteiger charge is 2.42. The SMILES string of the molecule is C[C@H]1COc2c(F)c(F)cc3c(=O)c(C(=O)O)cn1c23.C[C@H]1COc2c(N3C[C@H](C(=O)O)[C@@H](c4ccncc4)C3)c(F)cc3c(=O)c(C(=O)O)cn1c23.O=C(O)[C@H]1CNC[C@@H]1c1ccncc1. The number of carboxylic acid groups (broad SMARTS) is 4. The molecule has 6 atom stereocenters. The van der Waals surface area contributed by atoms with E-state index in [4.69, 9.17) is 19.7 Å². The predicted octanol–water partition coefficient (Wildman–Crippen LogP) is 4.89. The molecule has 2 aromatic carbocycles. The molecule has 0 saturated carbocycles. The van der Waals surface area contributed by atoms with Crippen molar-refractivity contribution < 1.29 is 62.2 Å². The molecule has 8 heterocycles. The second-order valence-corrected chi connectivity index (χ2v) is 16.5. The smallest absolute Gasteiger partial charge is 0.341 e. The standard InChI is InChI=1S/C23H20FN3O6.C13H9F2NO4.C10H12N2O2/c1-11-10-33-21-18-13(20(28)16(23(31)32)9-27(11)18)6-17(24)19(21)26-7-14(15(8-26)22(29)30)12-2-4-25-5-3-12;1-5-4-20-12-9(15)8(14)2-6-10(12)16(5)3-7(11(6)17)13(18)19;13-10(14)9-6-12-5-8(9)7-1-3-11-4-2-7/h2-6,9,11,14-15H,7-8,10H2,1H3,(H,29,30)(H,31,32);2-3,5H,4H2,1H3,(H,18,19);1-4,8-9,12H,5-6H2,(H,13,14)/t11-,14+,15-;5-;8-,9+/m001/s1. The number of pyridine rings is 4. The van der Waals surface area contributed by atoms with Crippen LogP contribution in [-0.2, 0) is 9.59 Å². The van der Waals surface area contributed by atoms with Crippen molar-refractivity contribution in [1.29, 1.82) is 0 Å². The van der Waals surface area contributed by atoms with Crippen LogP contribution >= 0.6 is 0 Å². The largest absolute Gasteiger partial charge is 0.487 e. The van der Waals surface area contributed by atoms with Gasteiger partial charge in [-0.25, -0.2) is 18.4 Å². The van der Waals surface area contributed by atoms with Crippen LogP contribution in [0.1, 0.15) is 69.6 Å². The van der Waals surface area contributed by atoms with Gasteiger partial charge in [-0.15, -0.1) is 0 Å². The Bertz CT molecular complexity index is 3100. The lowest BCUT2D eigenvalue weighted by atomic mass is 9.90. The average Bonchev–Trinajstić information content (AvgIpc) is 3.99. The van der Waals surface area contributed by atoms with Gasteiger partial charge in [0.2, 0.25) is 16.7 Å². The number of carbonyl (C=O) groups is 4. The summed E-state index contributed by atoms with van der Waals surface area (Å²) in [7, 11) is 0.